The van der Waals surface area contributed by atoms with Gasteiger partial charge in [0.2, 0.25) is 0 Å². The Morgan fingerprint density at radius 1 is 0.913 bits per heavy atom. The highest BCUT2D eigenvalue weighted by atomic mass is 16.5. The SMILES string of the molecule is CCC(C)(N)c1ccc(/C=C/C=C/c2ccc(OC)cc2)cc1. The van der Waals surface area contributed by atoms with Crippen molar-refractivity contribution in [2.24, 2.45) is 5.73 Å². The lowest BCUT2D eigenvalue weighted by Gasteiger charge is -2.23. The Morgan fingerprint density at radius 2 is 1.39 bits per heavy atom. The van der Waals surface area contributed by atoms with Crippen molar-refractivity contribution in [1.82, 2.24) is 0 Å². The molecule has 2 heteroatoms. The van der Waals surface area contributed by atoms with Crippen LogP contribution in [-0.4, -0.2) is 7.11 Å². The summed E-state index contributed by atoms with van der Waals surface area (Å²) in [7, 11) is 1.67. The normalized spacial score (nSPS) is 14.3. The maximum Gasteiger partial charge on any atom is 0.118 e. The van der Waals surface area contributed by atoms with Crippen LogP contribution >= 0.6 is 0 Å². The summed E-state index contributed by atoms with van der Waals surface area (Å²) in [6.07, 6.45) is 9.16. The van der Waals surface area contributed by atoms with Gasteiger partial charge in [0.25, 0.3) is 0 Å². The molecule has 0 aliphatic heterocycles. The van der Waals surface area contributed by atoms with Gasteiger partial charge in [-0.1, -0.05) is 67.6 Å². The molecule has 0 aromatic heterocycles. The third-order valence-electron chi connectivity index (χ3n) is 4.11. The fourth-order valence-corrected chi connectivity index (χ4v) is 2.23. The molecular weight excluding hydrogens is 282 g/mol. The third kappa shape index (κ3) is 4.83. The molecule has 2 nitrogen and oxygen atoms in total. The van der Waals surface area contributed by atoms with Gasteiger partial charge in [0.05, 0.1) is 7.11 Å². The number of rotatable bonds is 6. The maximum absolute atomic E-state index is 6.26. The van der Waals surface area contributed by atoms with Crippen LogP contribution in [0.4, 0.5) is 0 Å². The minimum absolute atomic E-state index is 0.253. The van der Waals surface area contributed by atoms with Crippen molar-refractivity contribution in [2.75, 3.05) is 7.11 Å². The lowest BCUT2D eigenvalue weighted by atomic mass is 9.90. The highest BCUT2D eigenvalue weighted by molar-refractivity contribution is 5.57. The van der Waals surface area contributed by atoms with Gasteiger partial charge in [-0.2, -0.15) is 0 Å². The monoisotopic (exact) mass is 307 g/mol. The van der Waals surface area contributed by atoms with Crippen LogP contribution in [0, 0.1) is 0 Å². The van der Waals surface area contributed by atoms with Crippen LogP contribution < -0.4 is 10.5 Å². The largest absolute Gasteiger partial charge is 0.497 e. The predicted molar refractivity (Wildman–Crippen MR) is 99.3 cm³/mol. The van der Waals surface area contributed by atoms with Crippen molar-refractivity contribution in [3.8, 4) is 5.75 Å². The Bertz CT molecular complexity index is 664. The Kier molecular flexibility index (Phi) is 5.78. The van der Waals surface area contributed by atoms with Gasteiger partial charge in [-0.15, -0.1) is 0 Å². The second-order valence-corrected chi connectivity index (χ2v) is 5.88. The molecule has 0 aliphatic carbocycles. The van der Waals surface area contributed by atoms with E-state index in [-0.39, 0.29) is 5.54 Å². The van der Waals surface area contributed by atoms with Gasteiger partial charge >= 0.3 is 0 Å². The quantitative estimate of drug-likeness (QED) is 0.762. The molecule has 2 N–H and O–H groups in total. The van der Waals surface area contributed by atoms with E-state index in [2.05, 4.69) is 50.3 Å². The van der Waals surface area contributed by atoms with Crippen molar-refractivity contribution in [1.29, 1.82) is 0 Å². The van der Waals surface area contributed by atoms with Gasteiger partial charge < -0.3 is 10.5 Å². The number of ether oxygens (including phenoxy) is 1. The van der Waals surface area contributed by atoms with Gasteiger partial charge in [0, 0.05) is 5.54 Å². The molecule has 2 aromatic carbocycles. The second kappa shape index (κ2) is 7.80. The van der Waals surface area contributed by atoms with Crippen LogP contribution in [0.1, 0.15) is 37.0 Å². The van der Waals surface area contributed by atoms with E-state index in [0.29, 0.717) is 0 Å². The van der Waals surface area contributed by atoms with Gasteiger partial charge in [0.15, 0.2) is 0 Å². The van der Waals surface area contributed by atoms with E-state index in [1.165, 1.54) is 11.1 Å². The van der Waals surface area contributed by atoms with Gasteiger partial charge in [-0.3, -0.25) is 0 Å². The molecule has 0 heterocycles. The molecule has 0 aliphatic rings. The second-order valence-electron chi connectivity index (χ2n) is 5.88. The van der Waals surface area contributed by atoms with E-state index < -0.39 is 0 Å². The molecule has 1 atom stereocenters. The van der Waals surface area contributed by atoms with E-state index in [9.17, 15) is 0 Å². The van der Waals surface area contributed by atoms with Crippen LogP contribution in [0.3, 0.4) is 0 Å². The van der Waals surface area contributed by atoms with E-state index >= 15 is 0 Å². The average Bonchev–Trinajstić information content (AvgIpc) is 2.59. The number of methoxy groups -OCH3 is 1. The molecule has 2 rings (SSSR count). The Balaban J connectivity index is 1.98. The topological polar surface area (TPSA) is 35.2 Å². The standard InChI is InChI=1S/C21H25NO/c1-4-21(2,22)19-13-9-17(10-14-19)7-5-6-8-18-11-15-20(23-3)16-12-18/h5-16H,4,22H2,1-3H3/b7-5+,8-6+. The molecule has 0 saturated heterocycles. The fraction of sp³-hybridized carbons (Fsp3) is 0.238. The third-order valence-corrected chi connectivity index (χ3v) is 4.11. The van der Waals surface area contributed by atoms with Crippen molar-refractivity contribution < 1.29 is 4.74 Å². The minimum Gasteiger partial charge on any atom is -0.497 e. The summed E-state index contributed by atoms with van der Waals surface area (Å²) in [5.74, 6) is 0.872. The van der Waals surface area contributed by atoms with Crippen molar-refractivity contribution >= 4 is 12.2 Å². The summed E-state index contributed by atoms with van der Waals surface area (Å²) in [6, 6.07) is 16.4. The van der Waals surface area contributed by atoms with Crippen LogP contribution in [0.25, 0.3) is 12.2 Å². The van der Waals surface area contributed by atoms with E-state index in [0.717, 1.165) is 17.7 Å². The number of hydrogen-bond acceptors (Lipinski definition) is 2. The van der Waals surface area contributed by atoms with Gasteiger partial charge in [-0.25, -0.2) is 0 Å². The van der Waals surface area contributed by atoms with Crippen LogP contribution in [0.15, 0.2) is 60.7 Å². The molecule has 0 amide bonds. The molecule has 23 heavy (non-hydrogen) atoms. The molecule has 1 unspecified atom stereocenters. The Hall–Kier alpha value is -2.32. The van der Waals surface area contributed by atoms with Crippen molar-refractivity contribution in [3.63, 3.8) is 0 Å². The lowest BCUT2D eigenvalue weighted by molar-refractivity contribution is 0.415. The zero-order chi connectivity index (χ0) is 16.7. The van der Waals surface area contributed by atoms with Crippen molar-refractivity contribution in [2.45, 2.75) is 25.8 Å². The highest BCUT2D eigenvalue weighted by Crippen LogP contribution is 2.21. The molecule has 0 spiro atoms. The molecule has 120 valence electrons. The van der Waals surface area contributed by atoms with E-state index in [1.807, 2.05) is 36.4 Å². The Labute approximate surface area is 139 Å². The molecular formula is C21H25NO. The van der Waals surface area contributed by atoms with Crippen LogP contribution in [0.5, 0.6) is 5.75 Å². The number of allylic oxidation sites excluding steroid dienone is 2. The Morgan fingerprint density at radius 3 is 1.83 bits per heavy atom. The zero-order valence-electron chi connectivity index (χ0n) is 14.1. The number of nitrogens with two attached hydrogens (primary N) is 1. The molecule has 0 saturated carbocycles. The fourth-order valence-electron chi connectivity index (χ4n) is 2.23. The zero-order valence-corrected chi connectivity index (χ0v) is 14.1. The summed E-state index contributed by atoms with van der Waals surface area (Å²) in [4.78, 5) is 0. The van der Waals surface area contributed by atoms with E-state index in [4.69, 9.17) is 10.5 Å². The van der Waals surface area contributed by atoms with Gasteiger partial charge in [0.1, 0.15) is 5.75 Å². The summed E-state index contributed by atoms with van der Waals surface area (Å²) < 4.78 is 5.15. The van der Waals surface area contributed by atoms with Gasteiger partial charge in [-0.05, 0) is 42.2 Å². The molecule has 0 radical (unpaired) electrons. The summed E-state index contributed by atoms with van der Waals surface area (Å²) in [5.41, 5.74) is 9.49. The minimum atomic E-state index is -0.253. The maximum atomic E-state index is 6.26. The van der Waals surface area contributed by atoms with Crippen molar-refractivity contribution in [3.05, 3.63) is 77.4 Å². The average molecular weight is 307 g/mol. The smallest absolute Gasteiger partial charge is 0.118 e. The molecule has 2 aromatic rings. The van der Waals surface area contributed by atoms with E-state index in [1.54, 1.807) is 7.11 Å². The molecule has 0 bridgehead atoms. The van der Waals surface area contributed by atoms with Crippen LogP contribution in [-0.2, 0) is 5.54 Å². The first-order valence-corrected chi connectivity index (χ1v) is 7.93. The first kappa shape index (κ1) is 17.0. The number of benzene rings is 2. The first-order chi connectivity index (χ1) is 11.0. The first-order valence-electron chi connectivity index (χ1n) is 7.93. The summed E-state index contributed by atoms with van der Waals surface area (Å²) in [5, 5.41) is 0. The number of hydrogen-bond donors (Lipinski definition) is 1. The summed E-state index contributed by atoms with van der Waals surface area (Å²) >= 11 is 0. The van der Waals surface area contributed by atoms with Crippen LogP contribution in [0.2, 0.25) is 0 Å². The highest BCUT2D eigenvalue weighted by Gasteiger charge is 2.17. The summed E-state index contributed by atoms with van der Waals surface area (Å²) in [6.45, 7) is 4.17. The lowest BCUT2D eigenvalue weighted by Crippen LogP contribution is -2.31. The molecule has 0 fully saturated rings. The predicted octanol–water partition coefficient (Wildman–Crippen LogP) is 5.01.